The molecule has 1 aromatic carbocycles. The first-order valence-electron chi connectivity index (χ1n) is 10.4. The maximum atomic E-state index is 12.3. The van der Waals surface area contributed by atoms with Gasteiger partial charge >= 0.3 is 0 Å². The summed E-state index contributed by atoms with van der Waals surface area (Å²) in [6.45, 7) is 2.07. The molecule has 3 heterocycles. The Morgan fingerprint density at radius 3 is 2.73 bits per heavy atom. The lowest BCUT2D eigenvalue weighted by Gasteiger charge is -2.22. The Bertz CT molecular complexity index is 1190. The van der Waals surface area contributed by atoms with Crippen LogP contribution in [0.5, 0.6) is 0 Å². The summed E-state index contributed by atoms with van der Waals surface area (Å²) in [6, 6.07) is 10.7. The third kappa shape index (κ3) is 3.79. The topological polar surface area (TPSA) is 76.6 Å². The molecule has 3 aromatic heterocycles. The summed E-state index contributed by atoms with van der Waals surface area (Å²) in [4.78, 5) is 12.3. The van der Waals surface area contributed by atoms with Gasteiger partial charge in [-0.2, -0.15) is 5.10 Å². The van der Waals surface area contributed by atoms with Crippen LogP contribution in [0.1, 0.15) is 37.7 Å². The van der Waals surface area contributed by atoms with Crippen LogP contribution in [-0.2, 0) is 4.79 Å². The molecular weight excluding hydrogens is 396 g/mol. The molecule has 7 nitrogen and oxygen atoms in total. The molecule has 8 heteroatoms. The molecule has 1 amide bonds. The van der Waals surface area contributed by atoms with Gasteiger partial charge < -0.3 is 5.32 Å². The average molecular weight is 421 g/mol. The van der Waals surface area contributed by atoms with Crippen molar-refractivity contribution in [2.24, 2.45) is 0 Å². The highest BCUT2D eigenvalue weighted by atomic mass is 32.2. The lowest BCUT2D eigenvalue weighted by atomic mass is 9.95. The van der Waals surface area contributed by atoms with Gasteiger partial charge in [0.2, 0.25) is 5.91 Å². The second-order valence-corrected chi connectivity index (χ2v) is 8.83. The van der Waals surface area contributed by atoms with Gasteiger partial charge in [-0.3, -0.25) is 9.20 Å². The zero-order valence-corrected chi connectivity index (χ0v) is 17.7. The molecule has 0 spiro atoms. The van der Waals surface area contributed by atoms with E-state index < -0.39 is 0 Å². The van der Waals surface area contributed by atoms with Gasteiger partial charge in [-0.15, -0.1) is 10.2 Å². The van der Waals surface area contributed by atoms with Crippen LogP contribution in [0.15, 0.2) is 47.9 Å². The summed E-state index contributed by atoms with van der Waals surface area (Å²) >= 11 is 1.41. The summed E-state index contributed by atoms with van der Waals surface area (Å²) in [5.74, 6) is 0.409. The maximum Gasteiger partial charge on any atom is 0.230 e. The van der Waals surface area contributed by atoms with Crippen molar-refractivity contribution in [3.8, 4) is 11.3 Å². The second kappa shape index (κ2) is 8.10. The fraction of sp³-hybridized carbons (Fsp3) is 0.364. The van der Waals surface area contributed by atoms with Gasteiger partial charge in [-0.05, 0) is 25.8 Å². The predicted octanol–water partition coefficient (Wildman–Crippen LogP) is 3.89. The predicted molar refractivity (Wildman–Crippen MR) is 118 cm³/mol. The molecule has 0 atom stereocenters. The molecule has 154 valence electrons. The van der Waals surface area contributed by atoms with Crippen molar-refractivity contribution in [2.45, 2.75) is 50.2 Å². The molecule has 1 saturated carbocycles. The largest absolute Gasteiger partial charge is 0.353 e. The van der Waals surface area contributed by atoms with Crippen molar-refractivity contribution in [3.63, 3.8) is 0 Å². The van der Waals surface area contributed by atoms with Gasteiger partial charge in [0.15, 0.2) is 10.8 Å². The van der Waals surface area contributed by atoms with E-state index in [1.807, 2.05) is 27.4 Å². The molecule has 1 aliphatic carbocycles. The van der Waals surface area contributed by atoms with Crippen molar-refractivity contribution in [2.75, 3.05) is 5.75 Å². The second-order valence-electron chi connectivity index (χ2n) is 7.89. The van der Waals surface area contributed by atoms with E-state index in [-0.39, 0.29) is 5.91 Å². The van der Waals surface area contributed by atoms with Crippen LogP contribution >= 0.6 is 11.8 Å². The molecule has 30 heavy (non-hydrogen) atoms. The quantitative estimate of drug-likeness (QED) is 0.496. The smallest absolute Gasteiger partial charge is 0.230 e. The number of aryl methyl sites for hydroxylation is 1. The molecule has 0 saturated heterocycles. The van der Waals surface area contributed by atoms with Crippen molar-refractivity contribution >= 4 is 28.8 Å². The zero-order chi connectivity index (χ0) is 20.5. The van der Waals surface area contributed by atoms with E-state index in [0.717, 1.165) is 35.3 Å². The first-order valence-corrected chi connectivity index (χ1v) is 11.4. The summed E-state index contributed by atoms with van der Waals surface area (Å²) in [6.07, 6.45) is 9.67. The number of carbonyl (C=O) groups is 1. The SMILES string of the molecule is Cc1ccc(-c2cc3c4nnc(SCC(=O)NC5CCCCC5)n4ccn3n2)cc1. The van der Waals surface area contributed by atoms with Crippen molar-refractivity contribution in [1.29, 1.82) is 0 Å². The Labute approximate surface area is 178 Å². The Morgan fingerprint density at radius 1 is 1.13 bits per heavy atom. The first kappa shape index (κ1) is 19.1. The number of thioether (sulfide) groups is 1. The molecule has 0 bridgehead atoms. The van der Waals surface area contributed by atoms with Gasteiger partial charge in [0, 0.05) is 24.0 Å². The van der Waals surface area contributed by atoms with Crippen LogP contribution in [0.2, 0.25) is 0 Å². The number of benzene rings is 1. The van der Waals surface area contributed by atoms with E-state index in [1.165, 1.54) is 36.6 Å². The van der Waals surface area contributed by atoms with E-state index in [9.17, 15) is 4.79 Å². The van der Waals surface area contributed by atoms with E-state index in [0.29, 0.717) is 17.0 Å². The average Bonchev–Trinajstić information content (AvgIpc) is 3.37. The number of hydrogen-bond acceptors (Lipinski definition) is 5. The maximum absolute atomic E-state index is 12.3. The van der Waals surface area contributed by atoms with Crippen LogP contribution in [0.3, 0.4) is 0 Å². The van der Waals surface area contributed by atoms with Crippen LogP contribution in [0, 0.1) is 6.92 Å². The lowest BCUT2D eigenvalue weighted by Crippen LogP contribution is -2.37. The van der Waals surface area contributed by atoms with E-state index in [1.54, 1.807) is 0 Å². The Morgan fingerprint density at radius 2 is 1.93 bits per heavy atom. The van der Waals surface area contributed by atoms with Crippen LogP contribution < -0.4 is 5.32 Å². The molecule has 4 aromatic rings. The van der Waals surface area contributed by atoms with Crippen molar-refractivity contribution < 1.29 is 4.79 Å². The van der Waals surface area contributed by atoms with Gasteiger partial charge in [-0.1, -0.05) is 60.9 Å². The Hall–Kier alpha value is -2.87. The monoisotopic (exact) mass is 420 g/mol. The molecule has 0 aliphatic heterocycles. The third-order valence-electron chi connectivity index (χ3n) is 5.64. The summed E-state index contributed by atoms with van der Waals surface area (Å²) in [5.41, 5.74) is 4.80. The van der Waals surface area contributed by atoms with Crippen LogP contribution in [0.4, 0.5) is 0 Å². The Kier molecular flexibility index (Phi) is 5.16. The number of amides is 1. The fourth-order valence-corrected chi connectivity index (χ4v) is 4.73. The fourth-order valence-electron chi connectivity index (χ4n) is 4.00. The number of hydrogen-bond donors (Lipinski definition) is 1. The van der Waals surface area contributed by atoms with Gasteiger partial charge in [-0.25, -0.2) is 4.52 Å². The van der Waals surface area contributed by atoms with Gasteiger partial charge in [0.05, 0.1) is 11.4 Å². The van der Waals surface area contributed by atoms with Crippen LogP contribution in [0.25, 0.3) is 22.4 Å². The minimum Gasteiger partial charge on any atom is -0.353 e. The number of nitrogens with one attached hydrogen (secondary N) is 1. The highest BCUT2D eigenvalue weighted by Crippen LogP contribution is 2.24. The molecule has 1 N–H and O–H groups in total. The minimum absolute atomic E-state index is 0.0655. The normalized spacial score (nSPS) is 15.1. The Balaban J connectivity index is 1.35. The number of rotatable bonds is 5. The van der Waals surface area contributed by atoms with Crippen molar-refractivity contribution in [1.82, 2.24) is 29.5 Å². The number of carbonyl (C=O) groups excluding carboxylic acids is 1. The third-order valence-corrected chi connectivity index (χ3v) is 6.58. The lowest BCUT2D eigenvalue weighted by molar-refractivity contribution is -0.119. The van der Waals surface area contributed by atoms with Gasteiger partial charge in [0.25, 0.3) is 0 Å². The van der Waals surface area contributed by atoms with E-state index in [4.69, 9.17) is 0 Å². The van der Waals surface area contributed by atoms with Crippen molar-refractivity contribution in [3.05, 3.63) is 48.3 Å². The molecule has 1 fully saturated rings. The summed E-state index contributed by atoms with van der Waals surface area (Å²) in [7, 11) is 0. The summed E-state index contributed by atoms with van der Waals surface area (Å²) in [5, 5.41) is 17.2. The molecule has 5 rings (SSSR count). The highest BCUT2D eigenvalue weighted by Gasteiger charge is 2.17. The molecule has 0 radical (unpaired) electrons. The zero-order valence-electron chi connectivity index (χ0n) is 16.9. The first-order chi connectivity index (χ1) is 14.7. The molecular formula is C22H24N6OS. The van der Waals surface area contributed by atoms with Crippen LogP contribution in [-0.4, -0.2) is 41.9 Å². The summed E-state index contributed by atoms with van der Waals surface area (Å²) < 4.78 is 3.75. The molecule has 1 aliphatic rings. The molecule has 0 unspecified atom stereocenters. The standard InChI is InChI=1S/C22H24N6OS/c1-15-7-9-16(10-8-15)18-13-19-21-24-25-22(27(21)11-12-28(19)26-18)30-14-20(29)23-17-5-3-2-4-6-17/h7-13,17H,2-6,14H2,1H3,(H,23,29). The number of nitrogens with zero attached hydrogens (tertiary/aromatic N) is 5. The van der Waals surface area contributed by atoms with E-state index in [2.05, 4.69) is 51.8 Å². The van der Waals surface area contributed by atoms with Gasteiger partial charge in [0.1, 0.15) is 5.52 Å². The number of fused-ring (bicyclic) bond motifs is 3. The number of aromatic nitrogens is 5. The van der Waals surface area contributed by atoms with E-state index >= 15 is 0 Å². The minimum atomic E-state index is 0.0655. The highest BCUT2D eigenvalue weighted by molar-refractivity contribution is 7.99.